The van der Waals surface area contributed by atoms with Gasteiger partial charge in [0.05, 0.1) is 11.3 Å². The number of rotatable bonds is 4. The summed E-state index contributed by atoms with van der Waals surface area (Å²) >= 11 is 0. The molecule has 0 fully saturated rings. The monoisotopic (exact) mass is 375 g/mol. The van der Waals surface area contributed by atoms with Crippen LogP contribution in [0.25, 0.3) is 5.65 Å². The standard InChI is InChI=1S/C20H20F3N3O/c1-4-6-15-18(19(27)25-17-12(2)7-5-8-13(17)3)26-11-14(20(21,22)23)9-10-16(26)24-15/h5,7-11H,4,6H2,1-3H3,(H,25,27). The largest absolute Gasteiger partial charge is 0.417 e. The van der Waals surface area contributed by atoms with E-state index in [0.717, 1.165) is 29.8 Å². The van der Waals surface area contributed by atoms with Gasteiger partial charge in [-0.1, -0.05) is 31.5 Å². The van der Waals surface area contributed by atoms with Gasteiger partial charge in [-0.05, 0) is 43.5 Å². The van der Waals surface area contributed by atoms with E-state index in [-0.39, 0.29) is 5.69 Å². The Kier molecular flexibility index (Phi) is 4.95. The average molecular weight is 375 g/mol. The molecule has 0 unspecified atom stereocenters. The van der Waals surface area contributed by atoms with Crippen molar-refractivity contribution in [2.24, 2.45) is 0 Å². The van der Waals surface area contributed by atoms with Gasteiger partial charge in [-0.3, -0.25) is 9.20 Å². The van der Waals surface area contributed by atoms with Crippen LogP contribution in [0.4, 0.5) is 18.9 Å². The van der Waals surface area contributed by atoms with Crippen molar-refractivity contribution < 1.29 is 18.0 Å². The number of carbonyl (C=O) groups is 1. The van der Waals surface area contributed by atoms with Gasteiger partial charge < -0.3 is 5.32 Å². The van der Waals surface area contributed by atoms with Crippen LogP contribution in [0.5, 0.6) is 0 Å². The molecule has 0 aliphatic rings. The van der Waals surface area contributed by atoms with Crippen molar-refractivity contribution >= 4 is 17.2 Å². The summed E-state index contributed by atoms with van der Waals surface area (Å²) in [5, 5.41) is 2.85. The van der Waals surface area contributed by atoms with Gasteiger partial charge in [-0.15, -0.1) is 0 Å². The molecular formula is C20H20F3N3O. The van der Waals surface area contributed by atoms with Crippen LogP contribution in [0.3, 0.4) is 0 Å². The van der Waals surface area contributed by atoms with E-state index in [0.29, 0.717) is 23.4 Å². The fourth-order valence-electron chi connectivity index (χ4n) is 3.10. The van der Waals surface area contributed by atoms with Gasteiger partial charge in [0.2, 0.25) is 0 Å². The molecule has 0 saturated heterocycles. The second-order valence-corrected chi connectivity index (χ2v) is 6.52. The first-order valence-electron chi connectivity index (χ1n) is 8.68. The van der Waals surface area contributed by atoms with Gasteiger partial charge in [0.25, 0.3) is 5.91 Å². The molecule has 0 bridgehead atoms. The smallest absolute Gasteiger partial charge is 0.320 e. The predicted octanol–water partition coefficient (Wildman–Crippen LogP) is 5.17. The van der Waals surface area contributed by atoms with Crippen LogP contribution in [0.2, 0.25) is 0 Å². The fraction of sp³-hybridized carbons (Fsp3) is 0.300. The molecule has 0 aliphatic heterocycles. The molecule has 0 saturated carbocycles. The number of nitrogens with one attached hydrogen (secondary N) is 1. The number of aromatic nitrogens is 2. The summed E-state index contributed by atoms with van der Waals surface area (Å²) in [5.41, 5.74) is 2.54. The lowest BCUT2D eigenvalue weighted by molar-refractivity contribution is -0.137. The number of anilines is 1. The van der Waals surface area contributed by atoms with Crippen LogP contribution in [-0.2, 0) is 12.6 Å². The number of hydrogen-bond acceptors (Lipinski definition) is 2. The maximum absolute atomic E-state index is 13.1. The first-order valence-corrected chi connectivity index (χ1v) is 8.68. The minimum absolute atomic E-state index is 0.139. The van der Waals surface area contributed by atoms with E-state index in [1.807, 2.05) is 39.0 Å². The maximum Gasteiger partial charge on any atom is 0.417 e. The Hall–Kier alpha value is -2.83. The van der Waals surface area contributed by atoms with Crippen LogP contribution in [0, 0.1) is 13.8 Å². The molecule has 4 nitrogen and oxygen atoms in total. The molecule has 2 aromatic heterocycles. The van der Waals surface area contributed by atoms with E-state index in [9.17, 15) is 18.0 Å². The Bertz CT molecular complexity index is 985. The number of pyridine rings is 1. The Morgan fingerprint density at radius 1 is 1.15 bits per heavy atom. The number of hydrogen-bond donors (Lipinski definition) is 1. The second-order valence-electron chi connectivity index (χ2n) is 6.52. The molecule has 27 heavy (non-hydrogen) atoms. The number of carbonyl (C=O) groups excluding carboxylic acids is 1. The van der Waals surface area contributed by atoms with Crippen LogP contribution in [0.15, 0.2) is 36.5 Å². The quantitative estimate of drug-likeness (QED) is 0.683. The van der Waals surface area contributed by atoms with E-state index in [1.165, 1.54) is 10.5 Å². The molecule has 0 atom stereocenters. The van der Waals surface area contributed by atoms with E-state index < -0.39 is 17.6 Å². The highest BCUT2D eigenvalue weighted by Crippen LogP contribution is 2.30. The maximum atomic E-state index is 13.1. The number of halogens is 3. The van der Waals surface area contributed by atoms with Gasteiger partial charge in [0.15, 0.2) is 0 Å². The van der Waals surface area contributed by atoms with Crippen molar-refractivity contribution in [2.45, 2.75) is 39.8 Å². The van der Waals surface area contributed by atoms with Crippen LogP contribution >= 0.6 is 0 Å². The summed E-state index contributed by atoms with van der Waals surface area (Å²) in [4.78, 5) is 17.4. The number of nitrogens with zero attached hydrogens (tertiary/aromatic N) is 2. The molecule has 3 rings (SSSR count). The summed E-state index contributed by atoms with van der Waals surface area (Å²) in [6.07, 6.45) is -2.34. The third-order valence-corrected chi connectivity index (χ3v) is 4.44. The molecule has 7 heteroatoms. The lowest BCUT2D eigenvalue weighted by atomic mass is 10.1. The van der Waals surface area contributed by atoms with Gasteiger partial charge in [-0.2, -0.15) is 13.2 Å². The molecule has 1 N–H and O–H groups in total. The van der Waals surface area contributed by atoms with E-state index >= 15 is 0 Å². The predicted molar refractivity (Wildman–Crippen MR) is 98.1 cm³/mol. The number of fused-ring (bicyclic) bond motifs is 1. The van der Waals surface area contributed by atoms with Gasteiger partial charge >= 0.3 is 6.18 Å². The zero-order valence-corrected chi connectivity index (χ0v) is 15.3. The van der Waals surface area contributed by atoms with E-state index in [1.54, 1.807) is 0 Å². The van der Waals surface area contributed by atoms with Crippen molar-refractivity contribution in [1.82, 2.24) is 9.38 Å². The molecule has 1 amide bonds. The van der Waals surface area contributed by atoms with Gasteiger partial charge in [0, 0.05) is 11.9 Å². The first kappa shape index (κ1) is 18.9. The fourth-order valence-corrected chi connectivity index (χ4v) is 3.10. The topological polar surface area (TPSA) is 46.4 Å². The molecule has 2 heterocycles. The third-order valence-electron chi connectivity index (χ3n) is 4.44. The summed E-state index contributed by atoms with van der Waals surface area (Å²) in [6.45, 7) is 5.66. The Labute approximate surface area is 155 Å². The third kappa shape index (κ3) is 3.67. The van der Waals surface area contributed by atoms with Crippen molar-refractivity contribution in [3.63, 3.8) is 0 Å². The van der Waals surface area contributed by atoms with Crippen molar-refractivity contribution in [3.05, 3.63) is 64.6 Å². The molecule has 0 aliphatic carbocycles. The lowest BCUT2D eigenvalue weighted by Crippen LogP contribution is -2.18. The minimum atomic E-state index is -4.50. The zero-order valence-electron chi connectivity index (χ0n) is 15.3. The molecule has 1 aromatic carbocycles. The van der Waals surface area contributed by atoms with E-state index in [4.69, 9.17) is 0 Å². The zero-order chi connectivity index (χ0) is 19.8. The Morgan fingerprint density at radius 2 is 1.81 bits per heavy atom. The SMILES string of the molecule is CCCc1nc2ccc(C(F)(F)F)cn2c1C(=O)Nc1c(C)cccc1C. The van der Waals surface area contributed by atoms with Crippen molar-refractivity contribution in [1.29, 1.82) is 0 Å². The van der Waals surface area contributed by atoms with Crippen LogP contribution < -0.4 is 5.32 Å². The number of imidazole rings is 1. The average Bonchev–Trinajstić information content (AvgIpc) is 2.95. The summed E-state index contributed by atoms with van der Waals surface area (Å²) in [6, 6.07) is 7.88. The number of para-hydroxylation sites is 1. The van der Waals surface area contributed by atoms with Crippen molar-refractivity contribution in [2.75, 3.05) is 5.32 Å². The summed E-state index contributed by atoms with van der Waals surface area (Å²) in [5.74, 6) is -0.470. The van der Waals surface area contributed by atoms with Gasteiger partial charge in [0.1, 0.15) is 11.3 Å². The molecule has 0 radical (unpaired) electrons. The van der Waals surface area contributed by atoms with E-state index in [2.05, 4.69) is 10.3 Å². The normalized spacial score (nSPS) is 11.8. The molecular weight excluding hydrogens is 355 g/mol. The molecule has 142 valence electrons. The number of benzene rings is 1. The highest BCUT2D eigenvalue weighted by atomic mass is 19.4. The highest BCUT2D eigenvalue weighted by Gasteiger charge is 2.32. The molecule has 3 aromatic rings. The highest BCUT2D eigenvalue weighted by molar-refractivity contribution is 6.05. The van der Waals surface area contributed by atoms with Crippen LogP contribution in [-0.4, -0.2) is 15.3 Å². The summed E-state index contributed by atoms with van der Waals surface area (Å²) < 4.78 is 40.6. The number of aryl methyl sites for hydroxylation is 3. The van der Waals surface area contributed by atoms with Crippen LogP contribution in [0.1, 0.15) is 46.2 Å². The summed E-state index contributed by atoms with van der Waals surface area (Å²) in [7, 11) is 0. The van der Waals surface area contributed by atoms with Crippen molar-refractivity contribution in [3.8, 4) is 0 Å². The number of amides is 1. The Morgan fingerprint density at radius 3 is 2.41 bits per heavy atom. The number of alkyl halides is 3. The Balaban J connectivity index is 2.12. The van der Waals surface area contributed by atoms with Gasteiger partial charge in [-0.25, -0.2) is 4.98 Å². The minimum Gasteiger partial charge on any atom is -0.320 e. The molecule has 0 spiro atoms. The second kappa shape index (κ2) is 7.06. The first-order chi connectivity index (χ1) is 12.7. The lowest BCUT2D eigenvalue weighted by Gasteiger charge is -2.13.